The van der Waals surface area contributed by atoms with Gasteiger partial charge in [-0.1, -0.05) is 74.4 Å². The van der Waals surface area contributed by atoms with E-state index in [2.05, 4.69) is 66.9 Å². The lowest BCUT2D eigenvalue weighted by Crippen LogP contribution is -2.36. The highest BCUT2D eigenvalue weighted by Crippen LogP contribution is 2.54. The standard InChI is InChI=1S/C23H37IN2O2/c1-5-6-11-17-16-18(23(2,3)12-13-24)20-19(17)21(27)26(22(20)28)15-10-8-7-9-14-25-4/h6,11-13,17-20,25H,5,7-10,14-16H2,1-4H3/b11-6+,13-12+. The van der Waals surface area contributed by atoms with Crippen LogP contribution in [0.4, 0.5) is 0 Å². The molecule has 1 aliphatic carbocycles. The lowest BCUT2D eigenvalue weighted by atomic mass is 9.72. The van der Waals surface area contributed by atoms with Crippen LogP contribution in [0.5, 0.6) is 0 Å². The first-order valence-corrected chi connectivity index (χ1v) is 12.1. The predicted molar refractivity (Wildman–Crippen MR) is 124 cm³/mol. The third-order valence-corrected chi connectivity index (χ3v) is 6.90. The highest BCUT2D eigenvalue weighted by Gasteiger charge is 2.60. The minimum atomic E-state index is -0.161. The summed E-state index contributed by atoms with van der Waals surface area (Å²) in [5.74, 6) is 0.240. The van der Waals surface area contributed by atoms with Gasteiger partial charge in [-0.2, -0.15) is 0 Å². The molecule has 4 unspecified atom stereocenters. The quantitative estimate of drug-likeness (QED) is 0.189. The zero-order valence-electron chi connectivity index (χ0n) is 17.9. The van der Waals surface area contributed by atoms with E-state index in [-0.39, 0.29) is 40.9 Å². The van der Waals surface area contributed by atoms with E-state index >= 15 is 0 Å². The van der Waals surface area contributed by atoms with E-state index in [4.69, 9.17) is 0 Å². The first kappa shape index (κ1) is 23.6. The van der Waals surface area contributed by atoms with E-state index in [1.165, 1.54) is 0 Å². The van der Waals surface area contributed by atoms with E-state index in [9.17, 15) is 9.59 Å². The van der Waals surface area contributed by atoms with E-state index < -0.39 is 0 Å². The van der Waals surface area contributed by atoms with Crippen molar-refractivity contribution in [3.63, 3.8) is 0 Å². The fraction of sp³-hybridized carbons (Fsp3) is 0.739. The van der Waals surface area contributed by atoms with Gasteiger partial charge in [0.05, 0.1) is 11.8 Å². The summed E-state index contributed by atoms with van der Waals surface area (Å²) in [5.41, 5.74) is -0.0853. The smallest absolute Gasteiger partial charge is 0.233 e. The first-order valence-electron chi connectivity index (χ1n) is 10.8. The third kappa shape index (κ3) is 5.26. The van der Waals surface area contributed by atoms with Crippen molar-refractivity contribution < 1.29 is 9.59 Å². The molecular weight excluding hydrogens is 463 g/mol. The first-order chi connectivity index (χ1) is 13.4. The van der Waals surface area contributed by atoms with E-state index in [0.717, 1.165) is 45.1 Å². The number of nitrogens with zero attached hydrogens (tertiary/aromatic N) is 1. The van der Waals surface area contributed by atoms with Gasteiger partial charge in [0.1, 0.15) is 0 Å². The number of imide groups is 1. The molecule has 4 nitrogen and oxygen atoms in total. The van der Waals surface area contributed by atoms with Crippen LogP contribution in [-0.4, -0.2) is 36.9 Å². The van der Waals surface area contributed by atoms with Gasteiger partial charge in [-0.15, -0.1) is 0 Å². The minimum absolute atomic E-state index is 0.0766. The molecule has 0 radical (unpaired) electrons. The largest absolute Gasteiger partial charge is 0.320 e. The van der Waals surface area contributed by atoms with Crippen molar-refractivity contribution >= 4 is 34.4 Å². The molecule has 2 amide bonds. The summed E-state index contributed by atoms with van der Waals surface area (Å²) in [6.45, 7) is 8.14. The number of unbranched alkanes of at least 4 members (excludes halogenated alkanes) is 3. The van der Waals surface area contributed by atoms with Crippen LogP contribution in [0.15, 0.2) is 22.3 Å². The molecule has 0 aromatic heterocycles. The Morgan fingerprint density at radius 2 is 1.82 bits per heavy atom. The molecule has 5 heteroatoms. The van der Waals surface area contributed by atoms with Crippen LogP contribution in [0.1, 0.15) is 59.3 Å². The predicted octanol–water partition coefficient (Wildman–Crippen LogP) is 4.94. The van der Waals surface area contributed by atoms with Gasteiger partial charge >= 0.3 is 0 Å². The van der Waals surface area contributed by atoms with Gasteiger partial charge in [-0.3, -0.25) is 14.5 Å². The number of allylic oxidation sites excluding steroid dienone is 3. The monoisotopic (exact) mass is 500 g/mol. The fourth-order valence-corrected chi connectivity index (χ4v) is 5.87. The highest BCUT2D eigenvalue weighted by molar-refractivity contribution is 14.1. The molecule has 1 saturated carbocycles. The molecule has 0 spiro atoms. The molecule has 0 bridgehead atoms. The van der Waals surface area contributed by atoms with Crippen molar-refractivity contribution in [3.8, 4) is 0 Å². The third-order valence-electron chi connectivity index (χ3n) is 6.54. The Morgan fingerprint density at radius 1 is 1.14 bits per heavy atom. The van der Waals surface area contributed by atoms with E-state index in [0.29, 0.717) is 6.54 Å². The van der Waals surface area contributed by atoms with Gasteiger partial charge in [0, 0.05) is 6.54 Å². The molecule has 1 heterocycles. The number of fused-ring (bicyclic) bond motifs is 1. The van der Waals surface area contributed by atoms with Crippen molar-refractivity contribution in [1.29, 1.82) is 0 Å². The molecule has 1 aliphatic heterocycles. The Labute approximate surface area is 184 Å². The van der Waals surface area contributed by atoms with Gasteiger partial charge in [0.15, 0.2) is 0 Å². The maximum atomic E-state index is 13.3. The number of hydrogen-bond acceptors (Lipinski definition) is 3. The normalized spacial score (nSPS) is 28.2. The van der Waals surface area contributed by atoms with Crippen molar-refractivity contribution in [3.05, 3.63) is 22.3 Å². The van der Waals surface area contributed by atoms with Gasteiger partial charge in [-0.05, 0) is 60.6 Å². The van der Waals surface area contributed by atoms with Crippen LogP contribution < -0.4 is 5.32 Å². The Kier molecular flexibility index (Phi) is 9.19. The average molecular weight is 500 g/mol. The van der Waals surface area contributed by atoms with Crippen LogP contribution in [0, 0.1) is 29.1 Å². The number of amides is 2. The zero-order chi connectivity index (χ0) is 20.7. The molecule has 2 fully saturated rings. The van der Waals surface area contributed by atoms with Crippen LogP contribution in [0.2, 0.25) is 0 Å². The molecule has 2 rings (SSSR count). The highest BCUT2D eigenvalue weighted by atomic mass is 127. The number of nitrogens with one attached hydrogen (secondary N) is 1. The number of halogens is 1. The molecule has 158 valence electrons. The summed E-state index contributed by atoms with van der Waals surface area (Å²) in [6.07, 6.45) is 12.7. The summed E-state index contributed by atoms with van der Waals surface area (Å²) in [5, 5.41) is 3.16. The Balaban J connectivity index is 2.13. The topological polar surface area (TPSA) is 49.4 Å². The summed E-state index contributed by atoms with van der Waals surface area (Å²) >= 11 is 2.25. The van der Waals surface area contributed by atoms with E-state index in [1.54, 1.807) is 4.90 Å². The average Bonchev–Trinajstić information content (AvgIpc) is 3.15. The Morgan fingerprint density at radius 3 is 2.46 bits per heavy atom. The van der Waals surface area contributed by atoms with Crippen molar-refractivity contribution in [2.45, 2.75) is 59.3 Å². The minimum Gasteiger partial charge on any atom is -0.320 e. The van der Waals surface area contributed by atoms with Gasteiger partial charge < -0.3 is 5.32 Å². The summed E-state index contributed by atoms with van der Waals surface area (Å²) in [6, 6.07) is 0. The second-order valence-electron chi connectivity index (χ2n) is 8.85. The number of rotatable bonds is 11. The van der Waals surface area contributed by atoms with Crippen LogP contribution in [0.3, 0.4) is 0 Å². The summed E-state index contributed by atoms with van der Waals surface area (Å²) < 4.78 is 2.05. The summed E-state index contributed by atoms with van der Waals surface area (Å²) in [4.78, 5) is 28.1. The lowest BCUT2D eigenvalue weighted by Gasteiger charge is -2.32. The molecule has 0 aromatic carbocycles. The fourth-order valence-electron chi connectivity index (χ4n) is 4.94. The second-order valence-corrected chi connectivity index (χ2v) is 9.57. The molecule has 2 aliphatic rings. The number of likely N-dealkylation sites (tertiary alicyclic amines) is 1. The van der Waals surface area contributed by atoms with Crippen molar-refractivity contribution in [2.75, 3.05) is 20.1 Å². The Bertz CT molecular complexity index is 599. The van der Waals surface area contributed by atoms with Gasteiger partial charge in [-0.25, -0.2) is 0 Å². The van der Waals surface area contributed by atoms with Crippen LogP contribution in [-0.2, 0) is 9.59 Å². The molecular formula is C23H37IN2O2. The number of hydrogen-bond donors (Lipinski definition) is 1. The SMILES string of the molecule is CC/C=C/C1CC(C(C)(C)/C=C/I)C2C(=O)N(CCCCCCNC)C(=O)C12. The van der Waals surface area contributed by atoms with Crippen molar-refractivity contribution in [1.82, 2.24) is 10.2 Å². The number of carbonyl (C=O) groups is 2. The number of carbonyl (C=O) groups excluding carboxylic acids is 2. The molecule has 0 aromatic rings. The van der Waals surface area contributed by atoms with Crippen molar-refractivity contribution in [2.24, 2.45) is 29.1 Å². The zero-order valence-corrected chi connectivity index (χ0v) is 20.1. The van der Waals surface area contributed by atoms with Crippen LogP contribution in [0.25, 0.3) is 0 Å². The second kappa shape index (κ2) is 10.9. The van der Waals surface area contributed by atoms with Gasteiger partial charge in [0.25, 0.3) is 0 Å². The molecule has 28 heavy (non-hydrogen) atoms. The maximum absolute atomic E-state index is 13.3. The molecule has 4 atom stereocenters. The molecule has 1 N–H and O–H groups in total. The summed E-state index contributed by atoms with van der Waals surface area (Å²) in [7, 11) is 1.97. The maximum Gasteiger partial charge on any atom is 0.233 e. The van der Waals surface area contributed by atoms with Crippen LogP contribution >= 0.6 is 22.6 Å². The van der Waals surface area contributed by atoms with Gasteiger partial charge in [0.2, 0.25) is 11.8 Å². The van der Waals surface area contributed by atoms with E-state index in [1.807, 2.05) is 11.1 Å². The Hall–Kier alpha value is -0.690. The lowest BCUT2D eigenvalue weighted by molar-refractivity contribution is -0.141. The molecule has 1 saturated heterocycles.